The number of hydrogen-bond acceptors (Lipinski definition) is 12. The van der Waals surface area contributed by atoms with Crippen LogP contribution in [0.2, 0.25) is 25.7 Å². The molecule has 0 amide bonds. The maximum atomic E-state index is 14.9. The zero-order valence-corrected chi connectivity index (χ0v) is 35.7. The fraction of sp³-hybridized carbons (Fsp3) is 0.439. The maximum Gasteiger partial charge on any atom is 0.358 e. The van der Waals surface area contributed by atoms with Gasteiger partial charge in [-0.1, -0.05) is 55.0 Å². The molecule has 0 radical (unpaired) electrons. The molecule has 56 heavy (non-hydrogen) atoms. The summed E-state index contributed by atoms with van der Waals surface area (Å²) < 4.78 is 35.3. The molecule has 0 spiro atoms. The molecule has 5 aromatic rings. The quantitative estimate of drug-likeness (QED) is 0.0421. The Bertz CT molecular complexity index is 2270. The van der Waals surface area contributed by atoms with Crippen molar-refractivity contribution in [3.05, 3.63) is 80.8 Å². The Hall–Kier alpha value is -4.46. The first-order chi connectivity index (χ1) is 27.0. The zero-order valence-electron chi connectivity index (χ0n) is 33.1. The van der Waals surface area contributed by atoms with Crippen molar-refractivity contribution in [3.63, 3.8) is 0 Å². The molecule has 1 aliphatic heterocycles. The van der Waals surface area contributed by atoms with E-state index >= 15 is 0 Å². The lowest BCUT2D eigenvalue weighted by atomic mass is 10.2. The summed E-state index contributed by atoms with van der Waals surface area (Å²) in [7, 11) is 0.616. The molecule has 1 saturated heterocycles. The van der Waals surface area contributed by atoms with Crippen LogP contribution in [0.15, 0.2) is 53.5 Å². The van der Waals surface area contributed by atoms with Crippen molar-refractivity contribution in [2.45, 2.75) is 71.9 Å². The summed E-state index contributed by atoms with van der Waals surface area (Å²) >= 11 is 2.96. The number of esters is 1. The van der Waals surface area contributed by atoms with Gasteiger partial charge in [-0.15, -0.1) is 21.5 Å². The molecule has 296 valence electrons. The second kappa shape index (κ2) is 19.1. The number of halogens is 1. The van der Waals surface area contributed by atoms with Crippen molar-refractivity contribution in [1.29, 1.82) is 0 Å². The van der Waals surface area contributed by atoms with Gasteiger partial charge in [0.25, 0.3) is 0 Å². The fourth-order valence-corrected chi connectivity index (χ4v) is 8.84. The molecule has 0 atom stereocenters. The van der Waals surface area contributed by atoms with Gasteiger partial charge < -0.3 is 19.1 Å². The first-order valence-corrected chi connectivity index (χ1v) is 24.4. The van der Waals surface area contributed by atoms with Gasteiger partial charge in [-0.05, 0) is 101 Å². The Kier molecular flexibility index (Phi) is 14.1. The number of aromatic nitrogens is 4. The van der Waals surface area contributed by atoms with E-state index in [4.69, 9.17) is 19.2 Å². The van der Waals surface area contributed by atoms with Crippen LogP contribution in [0.4, 0.5) is 21.2 Å². The minimum absolute atomic E-state index is 0.169. The fourth-order valence-electron chi connectivity index (χ4n) is 6.01. The second-order valence-corrected chi connectivity index (χ2v) is 22.6. The van der Waals surface area contributed by atoms with E-state index in [0.717, 1.165) is 44.6 Å². The largest absolute Gasteiger partial charge is 0.491 e. The molecule has 2 aromatic carbocycles. The molecule has 3 aromatic heterocycles. The van der Waals surface area contributed by atoms with Crippen LogP contribution in [0, 0.1) is 24.6 Å². The van der Waals surface area contributed by atoms with E-state index in [1.54, 1.807) is 35.3 Å². The van der Waals surface area contributed by atoms with Gasteiger partial charge in [-0.3, -0.25) is 9.47 Å². The number of para-hydroxylation sites is 1. The van der Waals surface area contributed by atoms with Crippen LogP contribution >= 0.6 is 22.7 Å². The number of thiazole rings is 2. The van der Waals surface area contributed by atoms with Gasteiger partial charge in [0.2, 0.25) is 0 Å². The monoisotopic (exact) mass is 815 g/mol. The van der Waals surface area contributed by atoms with E-state index in [-0.39, 0.29) is 24.7 Å². The van der Waals surface area contributed by atoms with E-state index in [0.29, 0.717) is 55.1 Å². The molecule has 0 unspecified atom stereocenters. The summed E-state index contributed by atoms with van der Waals surface area (Å²) in [6.07, 6.45) is 3.44. The summed E-state index contributed by atoms with van der Waals surface area (Å²) in [6.45, 7) is 15.2. The van der Waals surface area contributed by atoms with E-state index in [9.17, 15) is 9.18 Å². The van der Waals surface area contributed by atoms with Crippen LogP contribution < -0.4 is 14.4 Å². The standard InChI is InChI=1S/C41H50FN7O4S2Si/c1-7-52-39(50)37-35(17-13-23-53-33-19-18-30(27-31(33)42)14-12-22-48-20-10-11-21-48)55-40(43-37)47(3)36-26-29(2)38(46-45-36)44-41-49(28-51-24-25-56(4,5)6)32-15-8-9-16-34(32)54-41/h8-9,15-16,18-19,26-27H,7,10-11,13,17,20-25,28H2,1-6H3. The molecule has 4 heterocycles. The van der Waals surface area contributed by atoms with Crippen LogP contribution in [-0.4, -0.2) is 85.2 Å². The maximum absolute atomic E-state index is 14.9. The molecule has 0 bridgehead atoms. The number of aryl methyl sites for hydroxylation is 2. The molecule has 6 rings (SSSR count). The number of fused-ring (bicyclic) bond motifs is 1. The van der Waals surface area contributed by atoms with Crippen LogP contribution in [-0.2, 0) is 22.6 Å². The summed E-state index contributed by atoms with van der Waals surface area (Å²) in [5.41, 5.74) is 2.76. The number of ether oxygens (including phenoxy) is 3. The van der Waals surface area contributed by atoms with E-state index in [2.05, 4.69) is 68.3 Å². The van der Waals surface area contributed by atoms with Crippen molar-refractivity contribution in [1.82, 2.24) is 24.6 Å². The molecular formula is C41H50FN7O4S2Si. The number of nitrogens with zero attached hydrogens (tertiary/aromatic N) is 7. The van der Waals surface area contributed by atoms with Gasteiger partial charge >= 0.3 is 5.97 Å². The molecular weight excluding hydrogens is 766 g/mol. The molecule has 11 nitrogen and oxygen atoms in total. The van der Waals surface area contributed by atoms with Crippen molar-refractivity contribution in [2.75, 3.05) is 51.4 Å². The average molecular weight is 816 g/mol. The molecule has 0 saturated carbocycles. The zero-order chi connectivity index (χ0) is 39.7. The molecule has 15 heteroatoms. The van der Waals surface area contributed by atoms with Crippen LogP contribution in [0.5, 0.6) is 5.75 Å². The van der Waals surface area contributed by atoms with Crippen molar-refractivity contribution < 1.29 is 23.4 Å². The lowest BCUT2D eigenvalue weighted by molar-refractivity contribution is 0.0519. The molecule has 1 fully saturated rings. The number of carbonyl (C=O) groups excluding carboxylic acids is 1. The lowest BCUT2D eigenvalue weighted by Gasteiger charge is -2.16. The third-order valence-electron chi connectivity index (χ3n) is 9.21. The van der Waals surface area contributed by atoms with Crippen molar-refractivity contribution in [3.8, 4) is 17.6 Å². The highest BCUT2D eigenvalue weighted by molar-refractivity contribution is 7.16. The summed E-state index contributed by atoms with van der Waals surface area (Å²) in [5, 5.41) is 9.59. The third-order valence-corrected chi connectivity index (χ3v) is 13.2. The minimum Gasteiger partial charge on any atom is -0.491 e. The Balaban J connectivity index is 1.13. The van der Waals surface area contributed by atoms with Crippen LogP contribution in [0.3, 0.4) is 0 Å². The molecule has 0 aliphatic carbocycles. The number of rotatable bonds is 16. The Labute approximate surface area is 337 Å². The summed E-state index contributed by atoms with van der Waals surface area (Å²) in [4.78, 5) is 28.2. The van der Waals surface area contributed by atoms with Crippen LogP contribution in [0.25, 0.3) is 10.2 Å². The normalized spacial score (nSPS) is 13.6. The third kappa shape index (κ3) is 10.9. The topological polar surface area (TPSA) is 107 Å². The first kappa shape index (κ1) is 41.2. The number of anilines is 2. The van der Waals surface area contributed by atoms with Gasteiger partial charge in [-0.2, -0.15) is 4.99 Å². The highest BCUT2D eigenvalue weighted by Crippen LogP contribution is 2.32. The van der Waals surface area contributed by atoms with Crippen molar-refractivity contribution >= 4 is 63.7 Å². The number of likely N-dealkylation sites (tertiary alicyclic amines) is 1. The van der Waals surface area contributed by atoms with Gasteiger partial charge in [-0.25, -0.2) is 14.2 Å². The number of hydrogen-bond donors (Lipinski definition) is 0. The minimum atomic E-state index is -1.22. The SMILES string of the molecule is CCOC(=O)c1nc(N(C)c2cc(C)c(N=c3sc4ccccc4n3COCC[Si](C)(C)C)nn2)sc1CCCOc1ccc(C#CCN2CCCC2)cc1F. The number of benzene rings is 2. The average Bonchev–Trinajstić information content (AvgIpc) is 3.92. The first-order valence-electron chi connectivity index (χ1n) is 19.1. The smallest absolute Gasteiger partial charge is 0.358 e. The Morgan fingerprint density at radius 1 is 1.07 bits per heavy atom. The predicted octanol–water partition coefficient (Wildman–Crippen LogP) is 8.35. The van der Waals surface area contributed by atoms with E-state index < -0.39 is 19.9 Å². The van der Waals surface area contributed by atoms with Crippen LogP contribution in [0.1, 0.15) is 52.7 Å². The van der Waals surface area contributed by atoms with Gasteiger partial charge in [0.15, 0.2) is 38.8 Å². The molecule has 0 N–H and O–H groups in total. The Morgan fingerprint density at radius 2 is 1.88 bits per heavy atom. The highest BCUT2D eigenvalue weighted by atomic mass is 32.1. The van der Waals surface area contributed by atoms with Gasteiger partial charge in [0.1, 0.15) is 6.73 Å². The van der Waals surface area contributed by atoms with Gasteiger partial charge in [0.05, 0.1) is 30.0 Å². The van der Waals surface area contributed by atoms with E-state index in [1.807, 2.05) is 32.2 Å². The predicted molar refractivity (Wildman–Crippen MR) is 225 cm³/mol. The summed E-state index contributed by atoms with van der Waals surface area (Å²) in [5.74, 6) is 6.48. The Morgan fingerprint density at radius 3 is 2.62 bits per heavy atom. The van der Waals surface area contributed by atoms with Gasteiger partial charge in [0, 0.05) is 32.2 Å². The lowest BCUT2D eigenvalue weighted by Crippen LogP contribution is -2.23. The molecule has 1 aliphatic rings. The highest BCUT2D eigenvalue weighted by Gasteiger charge is 2.23. The second-order valence-electron chi connectivity index (χ2n) is 14.9. The van der Waals surface area contributed by atoms with Crippen molar-refractivity contribution in [2.24, 2.45) is 4.99 Å². The number of carbonyl (C=O) groups is 1. The van der Waals surface area contributed by atoms with E-state index in [1.165, 1.54) is 30.2 Å². The summed E-state index contributed by atoms with van der Waals surface area (Å²) in [6, 6.07) is 16.0.